The number of halogens is 6. The van der Waals surface area contributed by atoms with Crippen LogP contribution in [0, 0.1) is 0 Å². The molecule has 132 valence electrons. The van der Waals surface area contributed by atoms with E-state index in [1.807, 2.05) is 0 Å². The van der Waals surface area contributed by atoms with Gasteiger partial charge in [-0.05, 0) is 48.5 Å². The molecule has 0 aromatic heterocycles. The van der Waals surface area contributed by atoms with Crippen LogP contribution in [0.3, 0.4) is 0 Å². The zero-order valence-corrected chi connectivity index (χ0v) is 12.0. The molecule has 0 atom stereocenters. The van der Waals surface area contributed by atoms with Crippen molar-refractivity contribution in [3.63, 3.8) is 0 Å². The van der Waals surface area contributed by atoms with Crippen molar-refractivity contribution >= 4 is 11.4 Å². The van der Waals surface area contributed by atoms with Gasteiger partial charge >= 0.3 is 12.4 Å². The van der Waals surface area contributed by atoms with Crippen LogP contribution < -0.4 is 22.5 Å². The quantitative estimate of drug-likeness (QED) is 0.375. The summed E-state index contributed by atoms with van der Waals surface area (Å²) in [7, 11) is 0. The SMILES string of the molecule is NNc1ccc(C(F)(F)F)cc1.NNc1ccc(C(F)(F)F)cc1. The van der Waals surface area contributed by atoms with Crippen molar-refractivity contribution < 1.29 is 26.3 Å². The fourth-order valence-electron chi connectivity index (χ4n) is 1.51. The summed E-state index contributed by atoms with van der Waals surface area (Å²) in [6, 6.07) is 8.94. The van der Waals surface area contributed by atoms with E-state index in [0.29, 0.717) is 11.4 Å². The van der Waals surface area contributed by atoms with Gasteiger partial charge in [-0.1, -0.05) is 0 Å². The molecule has 0 amide bonds. The van der Waals surface area contributed by atoms with Gasteiger partial charge in [0.15, 0.2) is 0 Å². The molecule has 0 saturated carbocycles. The van der Waals surface area contributed by atoms with E-state index in [9.17, 15) is 26.3 Å². The average Bonchev–Trinajstić information content (AvgIpc) is 2.54. The number of nitrogens with two attached hydrogens (primary N) is 2. The van der Waals surface area contributed by atoms with Crippen molar-refractivity contribution in [2.75, 3.05) is 10.9 Å². The number of hydrazine groups is 2. The summed E-state index contributed by atoms with van der Waals surface area (Å²) in [5, 5.41) is 0. The van der Waals surface area contributed by atoms with Crippen LogP contribution in [0.25, 0.3) is 0 Å². The third-order valence-electron chi connectivity index (χ3n) is 2.76. The molecule has 0 heterocycles. The molecule has 0 fully saturated rings. The Balaban J connectivity index is 0.000000240. The van der Waals surface area contributed by atoms with E-state index in [-0.39, 0.29) is 0 Å². The predicted octanol–water partition coefficient (Wildman–Crippen LogP) is 3.98. The topological polar surface area (TPSA) is 76.1 Å². The third-order valence-corrected chi connectivity index (χ3v) is 2.76. The van der Waals surface area contributed by atoms with Crippen LogP contribution in [0.1, 0.15) is 11.1 Å². The highest BCUT2D eigenvalue weighted by Crippen LogP contribution is 2.30. The number of nitrogen functional groups attached to an aromatic ring is 2. The highest BCUT2D eigenvalue weighted by Gasteiger charge is 2.30. The molecule has 2 aromatic carbocycles. The minimum Gasteiger partial charge on any atom is -0.324 e. The first-order chi connectivity index (χ1) is 11.1. The van der Waals surface area contributed by atoms with Crippen molar-refractivity contribution in [3.05, 3.63) is 59.7 Å². The van der Waals surface area contributed by atoms with Crippen LogP contribution in [-0.4, -0.2) is 0 Å². The lowest BCUT2D eigenvalue weighted by Gasteiger charge is -2.06. The van der Waals surface area contributed by atoms with Gasteiger partial charge in [-0.2, -0.15) is 26.3 Å². The minimum absolute atomic E-state index is 0.447. The van der Waals surface area contributed by atoms with Crippen LogP contribution in [0.2, 0.25) is 0 Å². The van der Waals surface area contributed by atoms with Crippen LogP contribution in [-0.2, 0) is 12.4 Å². The Hall–Kier alpha value is -2.46. The molecule has 0 radical (unpaired) electrons. The summed E-state index contributed by atoms with van der Waals surface area (Å²) in [6.07, 6.45) is -8.57. The molecule has 2 rings (SSSR count). The number of alkyl halides is 6. The maximum absolute atomic E-state index is 12.0. The Kier molecular flexibility index (Phi) is 6.43. The van der Waals surface area contributed by atoms with Crippen LogP contribution in [0.4, 0.5) is 37.7 Å². The molecule has 6 N–H and O–H groups in total. The van der Waals surface area contributed by atoms with E-state index >= 15 is 0 Å². The Labute approximate surface area is 133 Å². The van der Waals surface area contributed by atoms with E-state index in [0.717, 1.165) is 24.3 Å². The molecule has 10 heteroatoms. The van der Waals surface area contributed by atoms with Crippen molar-refractivity contribution in [2.24, 2.45) is 11.7 Å². The standard InChI is InChI=1S/2C7H7F3N2/c2*8-7(9,10)5-1-3-6(12-11)4-2-5/h2*1-4,12H,11H2. The maximum Gasteiger partial charge on any atom is 0.416 e. The number of benzene rings is 2. The van der Waals surface area contributed by atoms with Gasteiger partial charge in [0.05, 0.1) is 11.1 Å². The molecule has 0 saturated heterocycles. The molecule has 0 bridgehead atoms. The number of anilines is 2. The van der Waals surface area contributed by atoms with Gasteiger partial charge in [-0.15, -0.1) is 0 Å². The smallest absolute Gasteiger partial charge is 0.324 e. The maximum atomic E-state index is 12.0. The lowest BCUT2D eigenvalue weighted by Crippen LogP contribution is -2.08. The van der Waals surface area contributed by atoms with Crippen LogP contribution >= 0.6 is 0 Å². The lowest BCUT2D eigenvalue weighted by molar-refractivity contribution is -0.138. The Bertz CT molecular complexity index is 562. The molecule has 4 nitrogen and oxygen atoms in total. The summed E-state index contributed by atoms with van der Waals surface area (Å²) >= 11 is 0. The third kappa shape index (κ3) is 5.97. The van der Waals surface area contributed by atoms with Crippen molar-refractivity contribution in [3.8, 4) is 0 Å². The Morgan fingerprint density at radius 3 is 0.958 bits per heavy atom. The average molecular weight is 352 g/mol. The van der Waals surface area contributed by atoms with E-state index in [4.69, 9.17) is 11.7 Å². The summed E-state index contributed by atoms with van der Waals surface area (Å²) in [5.41, 5.74) is 4.01. The first-order valence-electron chi connectivity index (χ1n) is 6.35. The highest BCUT2D eigenvalue weighted by molar-refractivity contribution is 5.44. The summed E-state index contributed by atoms with van der Waals surface area (Å²) in [6.45, 7) is 0. The van der Waals surface area contributed by atoms with Gasteiger partial charge in [0.1, 0.15) is 0 Å². The molecular formula is C14H14F6N4. The van der Waals surface area contributed by atoms with E-state index in [1.165, 1.54) is 24.3 Å². The first kappa shape index (κ1) is 19.6. The molecule has 0 spiro atoms. The second kappa shape index (κ2) is 7.88. The fourth-order valence-corrected chi connectivity index (χ4v) is 1.51. The second-order valence-electron chi connectivity index (χ2n) is 4.44. The first-order valence-corrected chi connectivity index (χ1v) is 6.35. The molecule has 24 heavy (non-hydrogen) atoms. The summed E-state index contributed by atoms with van der Waals surface area (Å²) < 4.78 is 71.8. The van der Waals surface area contributed by atoms with Crippen molar-refractivity contribution in [2.45, 2.75) is 12.4 Å². The Morgan fingerprint density at radius 2 is 0.792 bits per heavy atom. The number of rotatable bonds is 2. The predicted molar refractivity (Wildman–Crippen MR) is 78.5 cm³/mol. The second-order valence-corrected chi connectivity index (χ2v) is 4.44. The van der Waals surface area contributed by atoms with Crippen LogP contribution in [0.5, 0.6) is 0 Å². The summed E-state index contributed by atoms with van der Waals surface area (Å²) in [4.78, 5) is 0. The number of nitrogens with one attached hydrogen (secondary N) is 2. The highest BCUT2D eigenvalue weighted by atomic mass is 19.4. The zero-order valence-electron chi connectivity index (χ0n) is 12.0. The van der Waals surface area contributed by atoms with Crippen LogP contribution in [0.15, 0.2) is 48.5 Å². The normalized spacial score (nSPS) is 11.3. The molecule has 0 unspecified atom stereocenters. The molecule has 0 aliphatic carbocycles. The minimum atomic E-state index is -4.28. The van der Waals surface area contributed by atoms with E-state index < -0.39 is 23.5 Å². The van der Waals surface area contributed by atoms with Gasteiger partial charge < -0.3 is 10.9 Å². The fraction of sp³-hybridized carbons (Fsp3) is 0.143. The van der Waals surface area contributed by atoms with Crippen molar-refractivity contribution in [1.82, 2.24) is 0 Å². The van der Waals surface area contributed by atoms with Gasteiger partial charge in [0.25, 0.3) is 0 Å². The zero-order chi connectivity index (χ0) is 18.4. The van der Waals surface area contributed by atoms with Crippen molar-refractivity contribution in [1.29, 1.82) is 0 Å². The monoisotopic (exact) mass is 352 g/mol. The van der Waals surface area contributed by atoms with Gasteiger partial charge in [-0.3, -0.25) is 11.7 Å². The molecular weight excluding hydrogens is 338 g/mol. The van der Waals surface area contributed by atoms with Gasteiger partial charge in [0.2, 0.25) is 0 Å². The molecule has 0 aliphatic rings. The lowest BCUT2D eigenvalue weighted by atomic mass is 10.2. The summed E-state index contributed by atoms with van der Waals surface area (Å²) in [5.74, 6) is 9.96. The van der Waals surface area contributed by atoms with Gasteiger partial charge in [-0.25, -0.2) is 0 Å². The largest absolute Gasteiger partial charge is 0.416 e. The van der Waals surface area contributed by atoms with Gasteiger partial charge in [0, 0.05) is 11.4 Å². The Morgan fingerprint density at radius 1 is 0.542 bits per heavy atom. The molecule has 2 aromatic rings. The van der Waals surface area contributed by atoms with E-state index in [2.05, 4.69) is 10.9 Å². The van der Waals surface area contributed by atoms with E-state index in [1.54, 1.807) is 0 Å². The molecule has 0 aliphatic heterocycles. The number of hydrogen-bond acceptors (Lipinski definition) is 4. The number of hydrogen-bond donors (Lipinski definition) is 4.